The van der Waals surface area contributed by atoms with Crippen LogP contribution in [0.1, 0.15) is 18.1 Å². The lowest BCUT2D eigenvalue weighted by molar-refractivity contribution is -0.139. The summed E-state index contributed by atoms with van der Waals surface area (Å²) in [7, 11) is 1.71. The fourth-order valence-electron chi connectivity index (χ4n) is 3.36. The summed E-state index contributed by atoms with van der Waals surface area (Å²) in [6.45, 7) is 2.86. The first-order chi connectivity index (χ1) is 11.2. The van der Waals surface area contributed by atoms with Crippen LogP contribution in [0.3, 0.4) is 0 Å². The van der Waals surface area contributed by atoms with Gasteiger partial charge in [0, 0.05) is 26.7 Å². The first-order valence-corrected chi connectivity index (χ1v) is 7.67. The summed E-state index contributed by atoms with van der Waals surface area (Å²) in [5, 5.41) is 0. The number of amides is 3. The van der Waals surface area contributed by atoms with Crippen LogP contribution in [0, 0.1) is 0 Å². The van der Waals surface area contributed by atoms with E-state index in [9.17, 15) is 22.8 Å². The zero-order valence-corrected chi connectivity index (χ0v) is 13.4. The molecule has 1 aromatic carbocycles. The number of likely N-dealkylation sites (N-methyl/N-ethyl adjacent to an activating group) is 1. The van der Waals surface area contributed by atoms with Crippen molar-refractivity contribution >= 4 is 11.9 Å². The number of alkyl halides is 3. The summed E-state index contributed by atoms with van der Waals surface area (Å²) in [5.41, 5.74) is -0.0826. The van der Waals surface area contributed by atoms with Crippen LogP contribution in [0.4, 0.5) is 18.0 Å². The van der Waals surface area contributed by atoms with Gasteiger partial charge in [-0.2, -0.15) is 13.2 Å². The number of halogens is 3. The molecule has 0 radical (unpaired) electrons. The van der Waals surface area contributed by atoms with Crippen LogP contribution >= 0.6 is 0 Å². The van der Waals surface area contributed by atoms with Crippen LogP contribution in [-0.2, 0) is 17.5 Å². The Balaban J connectivity index is 1.73. The predicted molar refractivity (Wildman–Crippen MR) is 80.0 cm³/mol. The molecule has 2 heterocycles. The Morgan fingerprint density at radius 1 is 1.12 bits per heavy atom. The summed E-state index contributed by atoms with van der Waals surface area (Å²) in [5.74, 6) is -0.101. The Morgan fingerprint density at radius 3 is 2.33 bits per heavy atom. The number of hydrogen-bond donors (Lipinski definition) is 0. The molecule has 2 atom stereocenters. The summed E-state index contributed by atoms with van der Waals surface area (Å²) in [6.07, 6.45) is -4.37. The normalized spacial score (nSPS) is 24.6. The molecule has 0 spiro atoms. The number of fused-ring (bicyclic) bond motifs is 1. The van der Waals surface area contributed by atoms with Crippen molar-refractivity contribution in [3.8, 4) is 0 Å². The van der Waals surface area contributed by atoms with Crippen molar-refractivity contribution in [1.82, 2.24) is 14.7 Å². The number of urea groups is 1. The molecule has 0 unspecified atom stereocenters. The molecule has 0 N–H and O–H groups in total. The maximum Gasteiger partial charge on any atom is 0.416 e. The number of benzene rings is 1. The first kappa shape index (κ1) is 16.6. The molecule has 8 heteroatoms. The smallest absolute Gasteiger partial charge is 0.342 e. The lowest BCUT2D eigenvalue weighted by atomic mass is 10.1. The summed E-state index contributed by atoms with van der Waals surface area (Å²) in [4.78, 5) is 29.3. The molecule has 0 saturated carbocycles. The highest BCUT2D eigenvalue weighted by molar-refractivity contribution is 5.89. The molecule has 2 saturated heterocycles. The third-order valence-electron chi connectivity index (χ3n) is 4.61. The third-order valence-corrected chi connectivity index (χ3v) is 4.61. The monoisotopic (exact) mass is 341 g/mol. The zero-order chi connectivity index (χ0) is 17.6. The maximum absolute atomic E-state index is 12.6. The van der Waals surface area contributed by atoms with E-state index in [1.807, 2.05) is 0 Å². The summed E-state index contributed by atoms with van der Waals surface area (Å²) in [6, 6.07) is 3.96. The van der Waals surface area contributed by atoms with Gasteiger partial charge in [0.05, 0.1) is 11.6 Å². The molecule has 5 nitrogen and oxygen atoms in total. The van der Waals surface area contributed by atoms with Crippen molar-refractivity contribution in [2.45, 2.75) is 31.7 Å². The minimum Gasteiger partial charge on any atom is -0.342 e. The Hall–Kier alpha value is -2.25. The Bertz CT molecular complexity index is 660. The SMILES string of the molecule is C[C@H]1C(=O)N(C)C[C@H]2CN(Cc3ccc(C(F)(F)F)cc3)C(=O)N21. The van der Waals surface area contributed by atoms with Crippen molar-refractivity contribution < 1.29 is 22.8 Å². The summed E-state index contributed by atoms with van der Waals surface area (Å²) >= 11 is 0. The number of piperazine rings is 1. The van der Waals surface area contributed by atoms with Gasteiger partial charge in [-0.3, -0.25) is 4.79 Å². The number of rotatable bonds is 2. The largest absolute Gasteiger partial charge is 0.416 e. The van der Waals surface area contributed by atoms with Gasteiger partial charge in [-0.25, -0.2) is 4.79 Å². The first-order valence-electron chi connectivity index (χ1n) is 7.67. The van der Waals surface area contributed by atoms with E-state index in [0.29, 0.717) is 18.7 Å². The van der Waals surface area contributed by atoms with E-state index in [-0.39, 0.29) is 24.5 Å². The van der Waals surface area contributed by atoms with E-state index in [0.717, 1.165) is 12.1 Å². The van der Waals surface area contributed by atoms with Gasteiger partial charge in [0.25, 0.3) is 0 Å². The van der Waals surface area contributed by atoms with Gasteiger partial charge in [0.15, 0.2) is 0 Å². The summed E-state index contributed by atoms with van der Waals surface area (Å²) < 4.78 is 37.8. The van der Waals surface area contributed by atoms with Gasteiger partial charge in [0.2, 0.25) is 5.91 Å². The molecule has 24 heavy (non-hydrogen) atoms. The average molecular weight is 341 g/mol. The molecular weight excluding hydrogens is 323 g/mol. The van der Waals surface area contributed by atoms with E-state index in [2.05, 4.69) is 0 Å². The second-order valence-electron chi connectivity index (χ2n) is 6.31. The van der Waals surface area contributed by atoms with Crippen molar-refractivity contribution in [2.75, 3.05) is 20.1 Å². The number of hydrogen-bond acceptors (Lipinski definition) is 2. The minimum atomic E-state index is -4.37. The number of carbonyl (C=O) groups is 2. The van der Waals surface area contributed by atoms with Gasteiger partial charge in [-0.05, 0) is 24.6 Å². The quantitative estimate of drug-likeness (QED) is 0.828. The Kier molecular flexibility index (Phi) is 3.93. The lowest BCUT2D eigenvalue weighted by Gasteiger charge is -2.38. The second kappa shape index (κ2) is 5.68. The Morgan fingerprint density at radius 2 is 1.75 bits per heavy atom. The van der Waals surface area contributed by atoms with Crippen LogP contribution in [0.15, 0.2) is 24.3 Å². The average Bonchev–Trinajstić information content (AvgIpc) is 2.80. The highest BCUT2D eigenvalue weighted by atomic mass is 19.4. The van der Waals surface area contributed by atoms with Gasteiger partial charge in [0.1, 0.15) is 6.04 Å². The molecule has 0 bridgehead atoms. The third kappa shape index (κ3) is 2.81. The number of nitrogens with zero attached hydrogens (tertiary/aromatic N) is 3. The van der Waals surface area contributed by atoms with Gasteiger partial charge < -0.3 is 14.7 Å². The predicted octanol–water partition coefficient (Wildman–Crippen LogP) is 2.17. The van der Waals surface area contributed by atoms with E-state index in [1.54, 1.807) is 28.7 Å². The number of carbonyl (C=O) groups excluding carboxylic acids is 2. The topological polar surface area (TPSA) is 43.9 Å². The van der Waals surface area contributed by atoms with Crippen molar-refractivity contribution in [1.29, 1.82) is 0 Å². The molecule has 2 aliphatic heterocycles. The highest BCUT2D eigenvalue weighted by Crippen LogP contribution is 2.30. The molecule has 2 aliphatic rings. The molecule has 0 aromatic heterocycles. The molecule has 1 aromatic rings. The van der Waals surface area contributed by atoms with Gasteiger partial charge in [-0.1, -0.05) is 12.1 Å². The highest BCUT2D eigenvalue weighted by Gasteiger charge is 2.46. The van der Waals surface area contributed by atoms with Crippen LogP contribution in [0.25, 0.3) is 0 Å². The van der Waals surface area contributed by atoms with Crippen LogP contribution in [0.5, 0.6) is 0 Å². The van der Waals surface area contributed by atoms with E-state index < -0.39 is 17.8 Å². The Labute approximate surface area is 137 Å². The second-order valence-corrected chi connectivity index (χ2v) is 6.31. The van der Waals surface area contributed by atoms with E-state index in [4.69, 9.17) is 0 Å². The lowest BCUT2D eigenvalue weighted by Crippen LogP contribution is -2.58. The molecule has 130 valence electrons. The minimum absolute atomic E-state index is 0.0790. The van der Waals surface area contributed by atoms with Crippen molar-refractivity contribution in [2.24, 2.45) is 0 Å². The van der Waals surface area contributed by atoms with E-state index >= 15 is 0 Å². The van der Waals surface area contributed by atoms with Crippen molar-refractivity contribution in [3.05, 3.63) is 35.4 Å². The standard InChI is InChI=1S/C16H18F3N3O2/c1-10-14(23)20(2)8-13-9-21(15(24)22(10)13)7-11-3-5-12(6-4-11)16(17,18)19/h3-6,10,13H,7-9H2,1-2H3/t10-,13-/m0/s1. The van der Waals surface area contributed by atoms with Crippen molar-refractivity contribution in [3.63, 3.8) is 0 Å². The van der Waals surface area contributed by atoms with Crippen LogP contribution in [0.2, 0.25) is 0 Å². The van der Waals surface area contributed by atoms with Gasteiger partial charge >= 0.3 is 12.2 Å². The molecule has 3 rings (SSSR count). The maximum atomic E-state index is 12.6. The molecule has 0 aliphatic carbocycles. The fraction of sp³-hybridized carbons (Fsp3) is 0.500. The zero-order valence-electron chi connectivity index (χ0n) is 13.4. The van der Waals surface area contributed by atoms with Gasteiger partial charge in [-0.15, -0.1) is 0 Å². The molecule has 3 amide bonds. The molecule has 2 fully saturated rings. The molecular formula is C16H18F3N3O2. The van der Waals surface area contributed by atoms with Crippen LogP contribution < -0.4 is 0 Å². The van der Waals surface area contributed by atoms with Crippen LogP contribution in [-0.4, -0.2) is 58.9 Å². The fourth-order valence-corrected chi connectivity index (χ4v) is 3.36. The van der Waals surface area contributed by atoms with E-state index in [1.165, 1.54) is 12.1 Å².